The summed E-state index contributed by atoms with van der Waals surface area (Å²) in [5, 5.41) is 0. The molecule has 0 bridgehead atoms. The lowest BCUT2D eigenvalue weighted by Crippen LogP contribution is -2.31. The van der Waals surface area contributed by atoms with Crippen molar-refractivity contribution in [2.75, 3.05) is 20.3 Å². The van der Waals surface area contributed by atoms with Crippen molar-refractivity contribution >= 4 is 14.4 Å². The second kappa shape index (κ2) is 7.65. The third-order valence-corrected chi connectivity index (χ3v) is 5.29. The summed E-state index contributed by atoms with van der Waals surface area (Å²) in [5.74, 6) is -0.118. The Balaban J connectivity index is 2.01. The topological polar surface area (TPSA) is 57.2 Å². The van der Waals surface area contributed by atoms with Crippen LogP contribution in [0.1, 0.15) is 26.7 Å². The van der Waals surface area contributed by atoms with E-state index in [9.17, 15) is 4.79 Å². The van der Waals surface area contributed by atoms with Gasteiger partial charge in [-0.3, -0.25) is 9.46 Å². The summed E-state index contributed by atoms with van der Waals surface area (Å²) in [6.07, 6.45) is 3.43. The fourth-order valence-electron chi connectivity index (χ4n) is 2.54. The first kappa shape index (κ1) is 16.8. The van der Waals surface area contributed by atoms with Gasteiger partial charge in [0.05, 0.1) is 24.9 Å². The van der Waals surface area contributed by atoms with Crippen LogP contribution in [0.4, 0.5) is 0 Å². The summed E-state index contributed by atoms with van der Waals surface area (Å²) in [6.45, 7) is 8.34. The van der Waals surface area contributed by atoms with Crippen molar-refractivity contribution in [1.29, 1.82) is 0 Å². The van der Waals surface area contributed by atoms with E-state index in [4.69, 9.17) is 18.5 Å². The van der Waals surface area contributed by atoms with Crippen LogP contribution in [0.25, 0.3) is 0 Å². The fourth-order valence-corrected chi connectivity index (χ4v) is 4.19. The van der Waals surface area contributed by atoms with Gasteiger partial charge in [-0.05, 0) is 13.3 Å². The Morgan fingerprint density at radius 2 is 2.33 bits per heavy atom. The van der Waals surface area contributed by atoms with Gasteiger partial charge in [0.15, 0.2) is 0 Å². The van der Waals surface area contributed by atoms with Crippen LogP contribution >= 0.6 is 8.53 Å². The van der Waals surface area contributed by atoms with Gasteiger partial charge < -0.3 is 18.5 Å². The summed E-state index contributed by atoms with van der Waals surface area (Å²) in [4.78, 5) is 12.1. The molecule has 5 unspecified atom stereocenters. The molecule has 0 aromatic rings. The van der Waals surface area contributed by atoms with Gasteiger partial charge in [0.2, 0.25) is 0 Å². The molecule has 2 aliphatic rings. The molecular weight excluding hydrogens is 293 g/mol. The van der Waals surface area contributed by atoms with E-state index in [1.165, 1.54) is 7.11 Å². The maximum absolute atomic E-state index is 12.1. The average Bonchev–Trinajstić information content (AvgIpc) is 3.02. The number of amides is 1. The van der Waals surface area contributed by atoms with Crippen LogP contribution in [-0.4, -0.2) is 55.3 Å². The summed E-state index contributed by atoms with van der Waals surface area (Å²) >= 11 is 0. The zero-order chi connectivity index (χ0) is 15.4. The van der Waals surface area contributed by atoms with E-state index in [1.54, 1.807) is 10.7 Å². The molecule has 0 spiro atoms. The molecule has 2 fully saturated rings. The molecule has 120 valence electrons. The van der Waals surface area contributed by atoms with E-state index in [0.717, 1.165) is 12.8 Å². The van der Waals surface area contributed by atoms with Crippen molar-refractivity contribution in [3.8, 4) is 0 Å². The number of carbonyl (C=O) groups excluding carboxylic acids is 1. The average molecular weight is 317 g/mol. The lowest BCUT2D eigenvalue weighted by atomic mass is 10.1. The van der Waals surface area contributed by atoms with Gasteiger partial charge in [0.25, 0.3) is 14.4 Å². The zero-order valence-electron chi connectivity index (χ0n) is 12.9. The van der Waals surface area contributed by atoms with Gasteiger partial charge in [-0.15, -0.1) is 6.58 Å². The summed E-state index contributed by atoms with van der Waals surface area (Å²) in [7, 11) is 0.0880. The highest BCUT2D eigenvalue weighted by Crippen LogP contribution is 2.52. The highest BCUT2D eigenvalue weighted by atomic mass is 31.2. The minimum atomic E-state index is -1.41. The Labute approximate surface area is 127 Å². The molecule has 5 atom stereocenters. The first-order valence-electron chi connectivity index (χ1n) is 7.29. The van der Waals surface area contributed by atoms with Crippen molar-refractivity contribution in [2.45, 2.75) is 51.1 Å². The molecule has 0 radical (unpaired) electrons. The Morgan fingerprint density at radius 1 is 1.57 bits per heavy atom. The summed E-state index contributed by atoms with van der Waals surface area (Å²) in [5.41, 5.74) is 0. The number of hydrogen-bond acceptors (Lipinski definition) is 5. The minimum Gasteiger partial charge on any atom is -0.375 e. The van der Waals surface area contributed by atoms with E-state index < -0.39 is 8.53 Å². The number of ether oxygens (including phenoxy) is 2. The van der Waals surface area contributed by atoms with E-state index in [-0.39, 0.29) is 36.9 Å². The van der Waals surface area contributed by atoms with E-state index in [2.05, 4.69) is 13.5 Å². The molecule has 0 aromatic heterocycles. The normalized spacial score (nSPS) is 36.1. The summed E-state index contributed by atoms with van der Waals surface area (Å²) < 4.78 is 24.2. The van der Waals surface area contributed by atoms with Crippen LogP contribution in [0.2, 0.25) is 0 Å². The molecular formula is C14H24NO5P. The van der Waals surface area contributed by atoms with Crippen LogP contribution in [-0.2, 0) is 23.3 Å². The molecule has 0 saturated carbocycles. The van der Waals surface area contributed by atoms with Crippen molar-refractivity contribution < 1.29 is 23.3 Å². The van der Waals surface area contributed by atoms with E-state index in [0.29, 0.717) is 6.54 Å². The SMILES string of the molecule is C=CC1CN(C(=O)COC)P(OC2CC(C)OC2CC)O1. The molecule has 6 nitrogen and oxygen atoms in total. The maximum Gasteiger partial charge on any atom is 0.293 e. The second-order valence-corrected chi connectivity index (χ2v) is 6.68. The first-order valence-corrected chi connectivity index (χ1v) is 8.43. The van der Waals surface area contributed by atoms with Crippen molar-refractivity contribution in [2.24, 2.45) is 0 Å². The van der Waals surface area contributed by atoms with Crippen LogP contribution < -0.4 is 0 Å². The quantitative estimate of drug-likeness (QED) is 0.555. The van der Waals surface area contributed by atoms with Gasteiger partial charge >= 0.3 is 0 Å². The Bertz CT molecular complexity index is 380. The fraction of sp³-hybridized carbons (Fsp3) is 0.786. The lowest BCUT2D eigenvalue weighted by molar-refractivity contribution is -0.130. The molecule has 0 aromatic carbocycles. The Hall–Kier alpha value is -0.520. The highest BCUT2D eigenvalue weighted by Gasteiger charge is 2.42. The number of carbonyl (C=O) groups is 1. The van der Waals surface area contributed by atoms with E-state index in [1.807, 2.05) is 6.92 Å². The van der Waals surface area contributed by atoms with Gasteiger partial charge in [0.1, 0.15) is 12.7 Å². The molecule has 2 aliphatic heterocycles. The van der Waals surface area contributed by atoms with E-state index >= 15 is 0 Å². The third kappa shape index (κ3) is 4.02. The number of nitrogens with zero attached hydrogens (tertiary/aromatic N) is 1. The first-order chi connectivity index (χ1) is 10.1. The van der Waals surface area contributed by atoms with Crippen LogP contribution in [0.5, 0.6) is 0 Å². The zero-order valence-corrected chi connectivity index (χ0v) is 13.8. The molecule has 2 saturated heterocycles. The minimum absolute atomic E-state index is 0.0301. The molecule has 21 heavy (non-hydrogen) atoms. The highest BCUT2D eigenvalue weighted by molar-refractivity contribution is 7.45. The van der Waals surface area contributed by atoms with Gasteiger partial charge in [-0.2, -0.15) is 0 Å². The molecule has 0 aliphatic carbocycles. The predicted octanol–water partition coefficient (Wildman–Crippen LogP) is 2.25. The number of rotatable bonds is 6. The maximum atomic E-state index is 12.1. The van der Waals surface area contributed by atoms with Crippen molar-refractivity contribution in [3.63, 3.8) is 0 Å². The monoisotopic (exact) mass is 317 g/mol. The smallest absolute Gasteiger partial charge is 0.293 e. The van der Waals surface area contributed by atoms with Crippen molar-refractivity contribution in [1.82, 2.24) is 4.67 Å². The Morgan fingerprint density at radius 3 is 2.95 bits per heavy atom. The molecule has 7 heteroatoms. The number of hydrogen-bond donors (Lipinski definition) is 0. The summed E-state index contributed by atoms with van der Waals surface area (Å²) in [6, 6.07) is 0. The molecule has 2 heterocycles. The second-order valence-electron chi connectivity index (χ2n) is 5.30. The molecule has 1 amide bonds. The van der Waals surface area contributed by atoms with Crippen LogP contribution in [0.15, 0.2) is 12.7 Å². The molecule has 0 N–H and O–H groups in total. The van der Waals surface area contributed by atoms with Gasteiger partial charge in [-0.1, -0.05) is 13.0 Å². The van der Waals surface area contributed by atoms with Crippen molar-refractivity contribution in [3.05, 3.63) is 12.7 Å². The molecule has 2 rings (SSSR count). The van der Waals surface area contributed by atoms with Gasteiger partial charge in [-0.25, -0.2) is 0 Å². The Kier molecular flexibility index (Phi) is 6.14. The predicted molar refractivity (Wildman–Crippen MR) is 79.7 cm³/mol. The van der Waals surface area contributed by atoms with Gasteiger partial charge in [0, 0.05) is 13.5 Å². The standard InChI is InChI=1S/C14H24NO5P/c1-5-11-8-15(14(16)9-17-4)21(19-11)20-13-7-10(3)18-12(13)6-2/h5,10-13H,1,6-9H2,2-4H3. The lowest BCUT2D eigenvalue weighted by Gasteiger charge is -2.25. The largest absolute Gasteiger partial charge is 0.375 e. The number of methoxy groups -OCH3 is 1. The van der Waals surface area contributed by atoms with Crippen LogP contribution in [0, 0.1) is 0 Å². The third-order valence-electron chi connectivity index (χ3n) is 3.61. The van der Waals surface area contributed by atoms with Crippen LogP contribution in [0.3, 0.4) is 0 Å².